The molecule has 7 heteroatoms. The van der Waals surface area contributed by atoms with Crippen LogP contribution in [0, 0.1) is 0 Å². The summed E-state index contributed by atoms with van der Waals surface area (Å²) in [7, 11) is 0. The van der Waals surface area contributed by atoms with Gasteiger partial charge in [-0.15, -0.1) is 0 Å². The highest BCUT2D eigenvalue weighted by atomic mass is 16.2. The fourth-order valence-electron chi connectivity index (χ4n) is 5.41. The van der Waals surface area contributed by atoms with E-state index in [-0.39, 0.29) is 36.3 Å². The maximum absolute atomic E-state index is 13.6. The summed E-state index contributed by atoms with van der Waals surface area (Å²) in [5.74, 6) is -0.271. The first-order valence-corrected chi connectivity index (χ1v) is 12.4. The average molecular weight is 461 g/mol. The molecule has 0 bridgehead atoms. The van der Waals surface area contributed by atoms with Crippen molar-refractivity contribution in [3.8, 4) is 0 Å². The summed E-state index contributed by atoms with van der Waals surface area (Å²) in [6, 6.07) is 15.0. The van der Waals surface area contributed by atoms with Crippen LogP contribution in [0.1, 0.15) is 61.0 Å². The molecule has 3 aliphatic heterocycles. The number of likely N-dealkylation sites (tertiary alicyclic amines) is 1. The molecule has 0 spiro atoms. The van der Waals surface area contributed by atoms with E-state index in [0.717, 1.165) is 63.0 Å². The molecular weight excluding hydrogens is 428 g/mol. The summed E-state index contributed by atoms with van der Waals surface area (Å²) in [6.45, 7) is 4.23. The Morgan fingerprint density at radius 2 is 1.71 bits per heavy atom. The number of hydrogen-bond donors (Lipinski definition) is 1. The lowest BCUT2D eigenvalue weighted by Gasteiger charge is -2.45. The predicted molar refractivity (Wildman–Crippen MR) is 132 cm³/mol. The van der Waals surface area contributed by atoms with Gasteiger partial charge in [0.2, 0.25) is 11.8 Å². The molecule has 2 aromatic carbocycles. The fraction of sp³-hybridized carbons (Fsp3) is 0.444. The quantitative estimate of drug-likeness (QED) is 0.741. The molecule has 2 saturated heterocycles. The summed E-state index contributed by atoms with van der Waals surface area (Å²) in [4.78, 5) is 45.3. The number of piperidine rings is 1. The highest BCUT2D eigenvalue weighted by Gasteiger charge is 2.40. The van der Waals surface area contributed by atoms with Crippen molar-refractivity contribution in [2.75, 3.05) is 36.0 Å². The molecular formula is C27H32N4O3. The van der Waals surface area contributed by atoms with Gasteiger partial charge in [-0.1, -0.05) is 30.3 Å². The number of carbonyl (C=O) groups is 3. The van der Waals surface area contributed by atoms with Crippen molar-refractivity contribution in [2.45, 2.75) is 51.1 Å². The zero-order valence-corrected chi connectivity index (χ0v) is 19.7. The Bertz CT molecular complexity index is 1080. The van der Waals surface area contributed by atoms with Crippen LogP contribution in [0.4, 0.5) is 11.4 Å². The third-order valence-electron chi connectivity index (χ3n) is 7.25. The fourth-order valence-corrected chi connectivity index (χ4v) is 5.41. The largest absolute Gasteiger partial charge is 0.358 e. The summed E-state index contributed by atoms with van der Waals surface area (Å²) in [5, 5.41) is 3.03. The molecule has 2 aromatic rings. The van der Waals surface area contributed by atoms with Crippen molar-refractivity contribution < 1.29 is 14.4 Å². The monoisotopic (exact) mass is 460 g/mol. The smallest absolute Gasteiger partial charge is 0.253 e. The molecule has 3 amide bonds. The first kappa shape index (κ1) is 22.4. The Morgan fingerprint density at radius 1 is 0.971 bits per heavy atom. The van der Waals surface area contributed by atoms with Gasteiger partial charge >= 0.3 is 0 Å². The molecule has 34 heavy (non-hydrogen) atoms. The minimum Gasteiger partial charge on any atom is -0.358 e. The molecule has 0 unspecified atom stereocenters. The van der Waals surface area contributed by atoms with E-state index in [4.69, 9.17) is 0 Å². The van der Waals surface area contributed by atoms with Crippen LogP contribution in [0.25, 0.3) is 0 Å². The van der Waals surface area contributed by atoms with Gasteiger partial charge < -0.3 is 15.1 Å². The Morgan fingerprint density at radius 3 is 2.47 bits per heavy atom. The van der Waals surface area contributed by atoms with E-state index in [2.05, 4.69) is 10.2 Å². The summed E-state index contributed by atoms with van der Waals surface area (Å²) in [6.07, 6.45) is 4.86. The molecule has 0 radical (unpaired) electrons. The van der Waals surface area contributed by atoms with Crippen LogP contribution in [0.5, 0.6) is 0 Å². The van der Waals surface area contributed by atoms with E-state index in [1.54, 1.807) is 4.90 Å². The van der Waals surface area contributed by atoms with E-state index >= 15 is 0 Å². The van der Waals surface area contributed by atoms with Crippen LogP contribution in [0.15, 0.2) is 48.5 Å². The molecule has 7 nitrogen and oxygen atoms in total. The Hall–Kier alpha value is -3.35. The van der Waals surface area contributed by atoms with Crippen molar-refractivity contribution >= 4 is 29.1 Å². The highest BCUT2D eigenvalue weighted by molar-refractivity contribution is 6.10. The van der Waals surface area contributed by atoms with E-state index in [9.17, 15) is 14.4 Å². The molecule has 3 aliphatic rings. The molecule has 0 aromatic heterocycles. The van der Waals surface area contributed by atoms with Crippen LogP contribution >= 0.6 is 0 Å². The standard InChI is InChI=1S/C27H32N4O3/c1-19(20-9-3-2-4-10-20)28-25(32)18-31-24-17-21(26(33)29-14-7-8-15-29)12-13-22(24)30-16-6-5-11-23(30)27(31)34/h2-4,9-10,12-13,17,19,23H,5-8,11,14-16,18H2,1H3,(H,28,32)/t19-,23+/m1/s1. The maximum atomic E-state index is 13.6. The minimum atomic E-state index is -0.249. The Kier molecular flexibility index (Phi) is 6.26. The second kappa shape index (κ2) is 9.49. The molecule has 3 heterocycles. The van der Waals surface area contributed by atoms with Gasteiger partial charge in [0.1, 0.15) is 12.6 Å². The predicted octanol–water partition coefficient (Wildman–Crippen LogP) is 3.51. The first-order chi connectivity index (χ1) is 16.5. The maximum Gasteiger partial charge on any atom is 0.253 e. The zero-order chi connectivity index (χ0) is 23.7. The number of benzene rings is 2. The molecule has 178 valence electrons. The van der Waals surface area contributed by atoms with E-state index < -0.39 is 0 Å². The van der Waals surface area contributed by atoms with Crippen molar-refractivity contribution in [2.24, 2.45) is 0 Å². The van der Waals surface area contributed by atoms with E-state index in [1.807, 2.05) is 60.4 Å². The van der Waals surface area contributed by atoms with Gasteiger partial charge in [-0.25, -0.2) is 0 Å². The second-order valence-corrected chi connectivity index (χ2v) is 9.53. The number of nitrogens with one attached hydrogen (secondary N) is 1. The van der Waals surface area contributed by atoms with Crippen molar-refractivity contribution in [1.29, 1.82) is 0 Å². The minimum absolute atomic E-state index is 0.00406. The van der Waals surface area contributed by atoms with Gasteiger partial charge in [0.15, 0.2) is 0 Å². The summed E-state index contributed by atoms with van der Waals surface area (Å²) < 4.78 is 0. The number of carbonyl (C=O) groups excluding carboxylic acids is 3. The zero-order valence-electron chi connectivity index (χ0n) is 19.7. The van der Waals surface area contributed by atoms with Crippen LogP contribution in [-0.2, 0) is 9.59 Å². The normalized spacial score (nSPS) is 20.6. The molecule has 2 atom stereocenters. The summed E-state index contributed by atoms with van der Waals surface area (Å²) in [5.41, 5.74) is 3.19. The van der Waals surface area contributed by atoms with Gasteiger partial charge in [0.05, 0.1) is 17.4 Å². The topological polar surface area (TPSA) is 73.0 Å². The molecule has 2 fully saturated rings. The van der Waals surface area contributed by atoms with Crippen LogP contribution < -0.4 is 15.1 Å². The number of anilines is 2. The van der Waals surface area contributed by atoms with Crippen molar-refractivity contribution in [3.63, 3.8) is 0 Å². The average Bonchev–Trinajstić information content (AvgIpc) is 3.41. The van der Waals surface area contributed by atoms with Crippen LogP contribution in [-0.4, -0.2) is 54.8 Å². The SMILES string of the molecule is C[C@@H](NC(=O)CN1C(=O)[C@@H]2CCCCN2c2ccc(C(=O)N3CCCC3)cc21)c1ccccc1. The van der Waals surface area contributed by atoms with Gasteiger partial charge in [0, 0.05) is 25.2 Å². The van der Waals surface area contributed by atoms with Gasteiger partial charge in [-0.2, -0.15) is 0 Å². The lowest BCUT2D eigenvalue weighted by Crippen LogP contribution is -2.57. The Balaban J connectivity index is 1.42. The number of amides is 3. The lowest BCUT2D eigenvalue weighted by molar-refractivity contribution is -0.125. The summed E-state index contributed by atoms with van der Waals surface area (Å²) >= 11 is 0. The Labute approximate surface area is 200 Å². The van der Waals surface area contributed by atoms with Crippen LogP contribution in [0.3, 0.4) is 0 Å². The van der Waals surface area contributed by atoms with Gasteiger partial charge in [-0.3, -0.25) is 19.3 Å². The lowest BCUT2D eigenvalue weighted by atomic mass is 9.95. The van der Waals surface area contributed by atoms with Crippen molar-refractivity contribution in [3.05, 3.63) is 59.7 Å². The number of hydrogen-bond acceptors (Lipinski definition) is 4. The highest BCUT2D eigenvalue weighted by Crippen LogP contribution is 2.40. The first-order valence-electron chi connectivity index (χ1n) is 12.4. The number of nitrogens with zero attached hydrogens (tertiary/aromatic N) is 3. The molecule has 0 aliphatic carbocycles. The van der Waals surface area contributed by atoms with E-state index in [1.165, 1.54) is 0 Å². The third kappa shape index (κ3) is 4.27. The molecule has 0 saturated carbocycles. The van der Waals surface area contributed by atoms with E-state index in [0.29, 0.717) is 11.3 Å². The molecule has 1 N–H and O–H groups in total. The number of fused-ring (bicyclic) bond motifs is 3. The van der Waals surface area contributed by atoms with Gasteiger partial charge in [0.25, 0.3) is 5.91 Å². The van der Waals surface area contributed by atoms with Gasteiger partial charge in [-0.05, 0) is 62.8 Å². The number of rotatable bonds is 5. The molecule has 5 rings (SSSR count). The van der Waals surface area contributed by atoms with Crippen LogP contribution in [0.2, 0.25) is 0 Å². The third-order valence-corrected chi connectivity index (χ3v) is 7.25. The second-order valence-electron chi connectivity index (χ2n) is 9.53. The van der Waals surface area contributed by atoms with Crippen molar-refractivity contribution in [1.82, 2.24) is 10.2 Å².